The Balaban J connectivity index is 2.49. The van der Waals surface area contributed by atoms with Crippen molar-refractivity contribution < 1.29 is 0 Å². The van der Waals surface area contributed by atoms with Crippen molar-refractivity contribution in [3.63, 3.8) is 0 Å². The van der Waals surface area contributed by atoms with Gasteiger partial charge >= 0.3 is 0 Å². The summed E-state index contributed by atoms with van der Waals surface area (Å²) in [5.74, 6) is 0.742. The van der Waals surface area contributed by atoms with Gasteiger partial charge in [-0.15, -0.1) is 0 Å². The van der Waals surface area contributed by atoms with Crippen LogP contribution in [0, 0.1) is 5.92 Å². The summed E-state index contributed by atoms with van der Waals surface area (Å²) >= 11 is 5.88. The summed E-state index contributed by atoms with van der Waals surface area (Å²) in [4.78, 5) is 0. The highest BCUT2D eigenvalue weighted by molar-refractivity contribution is 6.30. The van der Waals surface area contributed by atoms with Crippen LogP contribution in [-0.2, 0) is 6.42 Å². The average molecular weight is 240 g/mol. The summed E-state index contributed by atoms with van der Waals surface area (Å²) in [7, 11) is 2.03. The highest BCUT2D eigenvalue weighted by Crippen LogP contribution is 2.17. The molecule has 0 aromatic heterocycles. The van der Waals surface area contributed by atoms with Gasteiger partial charge in [-0.25, -0.2) is 0 Å². The lowest BCUT2D eigenvalue weighted by atomic mass is 9.94. The van der Waals surface area contributed by atoms with Crippen molar-refractivity contribution in [2.75, 3.05) is 13.6 Å². The van der Waals surface area contributed by atoms with E-state index in [0.29, 0.717) is 0 Å². The zero-order valence-corrected chi connectivity index (χ0v) is 11.1. The molecule has 1 rings (SSSR count). The summed E-state index contributed by atoms with van der Waals surface area (Å²) in [5.41, 5.74) is 1.39. The third kappa shape index (κ3) is 5.00. The molecule has 0 radical (unpaired) electrons. The predicted molar refractivity (Wildman–Crippen MR) is 72.1 cm³/mol. The summed E-state index contributed by atoms with van der Waals surface area (Å²) < 4.78 is 0. The Morgan fingerprint density at radius 3 is 2.50 bits per heavy atom. The van der Waals surface area contributed by atoms with Gasteiger partial charge in [-0.1, -0.05) is 43.5 Å². The fraction of sp³-hybridized carbons (Fsp3) is 0.571. The molecule has 0 bridgehead atoms. The lowest BCUT2D eigenvalue weighted by Gasteiger charge is -2.16. The molecular weight excluding hydrogens is 218 g/mol. The molecule has 1 unspecified atom stereocenters. The SMILES string of the molecule is CCCCC(CNC)Cc1ccc(Cl)cc1. The van der Waals surface area contributed by atoms with Crippen LogP contribution in [0.15, 0.2) is 24.3 Å². The van der Waals surface area contributed by atoms with Gasteiger partial charge in [0.05, 0.1) is 0 Å². The first-order chi connectivity index (χ1) is 7.76. The monoisotopic (exact) mass is 239 g/mol. The van der Waals surface area contributed by atoms with Gasteiger partial charge in [0.25, 0.3) is 0 Å². The molecule has 0 saturated heterocycles. The molecular formula is C14H22ClN. The molecule has 0 aliphatic rings. The van der Waals surface area contributed by atoms with Crippen molar-refractivity contribution in [2.45, 2.75) is 32.6 Å². The maximum Gasteiger partial charge on any atom is 0.0406 e. The van der Waals surface area contributed by atoms with Crippen LogP contribution in [0.25, 0.3) is 0 Å². The van der Waals surface area contributed by atoms with Crippen LogP contribution in [0.2, 0.25) is 5.02 Å². The smallest absolute Gasteiger partial charge is 0.0406 e. The molecule has 0 amide bonds. The number of hydrogen-bond acceptors (Lipinski definition) is 1. The fourth-order valence-electron chi connectivity index (χ4n) is 2.01. The molecule has 1 aromatic rings. The Labute approximate surface area is 104 Å². The Kier molecular flexibility index (Phi) is 6.51. The number of rotatable bonds is 7. The van der Waals surface area contributed by atoms with E-state index < -0.39 is 0 Å². The van der Waals surface area contributed by atoms with Crippen molar-refractivity contribution >= 4 is 11.6 Å². The lowest BCUT2D eigenvalue weighted by Crippen LogP contribution is -2.20. The largest absolute Gasteiger partial charge is 0.319 e. The second-order valence-corrected chi connectivity index (χ2v) is 4.83. The van der Waals surface area contributed by atoms with Crippen LogP contribution in [0.5, 0.6) is 0 Å². The number of halogens is 1. The van der Waals surface area contributed by atoms with E-state index in [1.54, 1.807) is 0 Å². The molecule has 1 aromatic carbocycles. The second kappa shape index (κ2) is 7.70. The maximum absolute atomic E-state index is 5.88. The van der Waals surface area contributed by atoms with E-state index in [0.717, 1.165) is 23.9 Å². The minimum absolute atomic E-state index is 0.742. The van der Waals surface area contributed by atoms with Crippen LogP contribution in [-0.4, -0.2) is 13.6 Å². The minimum Gasteiger partial charge on any atom is -0.319 e. The van der Waals surface area contributed by atoms with Gasteiger partial charge in [-0.2, -0.15) is 0 Å². The molecule has 0 saturated carbocycles. The zero-order valence-electron chi connectivity index (χ0n) is 10.3. The van der Waals surface area contributed by atoms with Gasteiger partial charge in [-0.3, -0.25) is 0 Å². The molecule has 16 heavy (non-hydrogen) atoms. The van der Waals surface area contributed by atoms with Crippen LogP contribution in [0.4, 0.5) is 0 Å². The van der Waals surface area contributed by atoms with E-state index in [1.807, 2.05) is 19.2 Å². The first-order valence-electron chi connectivity index (χ1n) is 6.15. The lowest BCUT2D eigenvalue weighted by molar-refractivity contribution is 0.444. The van der Waals surface area contributed by atoms with Crippen molar-refractivity contribution in [1.29, 1.82) is 0 Å². The Hall–Kier alpha value is -0.530. The third-order valence-corrected chi connectivity index (χ3v) is 3.15. The van der Waals surface area contributed by atoms with Crippen molar-refractivity contribution in [3.8, 4) is 0 Å². The van der Waals surface area contributed by atoms with Crippen LogP contribution < -0.4 is 5.32 Å². The van der Waals surface area contributed by atoms with Crippen molar-refractivity contribution in [3.05, 3.63) is 34.9 Å². The van der Waals surface area contributed by atoms with Crippen LogP contribution in [0.1, 0.15) is 31.7 Å². The molecule has 0 aliphatic heterocycles. The summed E-state index contributed by atoms with van der Waals surface area (Å²) in [5, 5.41) is 4.10. The predicted octanol–water partition coefficient (Wildman–Crippen LogP) is 3.91. The Morgan fingerprint density at radius 2 is 1.94 bits per heavy atom. The molecule has 0 heterocycles. The van der Waals surface area contributed by atoms with E-state index in [-0.39, 0.29) is 0 Å². The van der Waals surface area contributed by atoms with Crippen LogP contribution in [0.3, 0.4) is 0 Å². The van der Waals surface area contributed by atoms with Gasteiger partial charge in [0.2, 0.25) is 0 Å². The van der Waals surface area contributed by atoms with E-state index in [2.05, 4.69) is 24.4 Å². The van der Waals surface area contributed by atoms with E-state index in [1.165, 1.54) is 24.8 Å². The highest BCUT2D eigenvalue weighted by Gasteiger charge is 2.08. The number of hydrogen-bond donors (Lipinski definition) is 1. The maximum atomic E-state index is 5.88. The van der Waals surface area contributed by atoms with Gasteiger partial charge in [0.1, 0.15) is 0 Å². The van der Waals surface area contributed by atoms with Gasteiger partial charge in [-0.05, 0) is 50.0 Å². The standard InChI is InChI=1S/C14H22ClN/c1-3-4-5-13(11-16-2)10-12-6-8-14(15)9-7-12/h6-9,13,16H,3-5,10-11H2,1-2H3. The van der Waals surface area contributed by atoms with E-state index >= 15 is 0 Å². The quantitative estimate of drug-likeness (QED) is 0.761. The number of nitrogens with one attached hydrogen (secondary N) is 1. The van der Waals surface area contributed by atoms with Gasteiger partial charge in [0.15, 0.2) is 0 Å². The topological polar surface area (TPSA) is 12.0 Å². The van der Waals surface area contributed by atoms with Crippen molar-refractivity contribution in [2.24, 2.45) is 5.92 Å². The molecule has 1 nitrogen and oxygen atoms in total. The summed E-state index contributed by atoms with van der Waals surface area (Å²) in [6.07, 6.45) is 5.05. The first kappa shape index (κ1) is 13.5. The number of benzene rings is 1. The molecule has 1 atom stereocenters. The third-order valence-electron chi connectivity index (χ3n) is 2.90. The Bertz CT molecular complexity index is 281. The van der Waals surface area contributed by atoms with Crippen molar-refractivity contribution in [1.82, 2.24) is 5.32 Å². The molecule has 0 fully saturated rings. The normalized spacial score (nSPS) is 12.7. The van der Waals surface area contributed by atoms with Crippen LogP contribution >= 0.6 is 11.6 Å². The average Bonchev–Trinajstić information content (AvgIpc) is 2.29. The highest BCUT2D eigenvalue weighted by atomic mass is 35.5. The number of unbranched alkanes of at least 4 members (excludes halogenated alkanes) is 1. The molecule has 2 heteroatoms. The van der Waals surface area contributed by atoms with Gasteiger partial charge in [0, 0.05) is 5.02 Å². The minimum atomic E-state index is 0.742. The molecule has 0 aliphatic carbocycles. The summed E-state index contributed by atoms with van der Waals surface area (Å²) in [6.45, 7) is 3.35. The van der Waals surface area contributed by atoms with Gasteiger partial charge < -0.3 is 5.32 Å². The molecule has 1 N–H and O–H groups in total. The van der Waals surface area contributed by atoms with E-state index in [9.17, 15) is 0 Å². The fourth-order valence-corrected chi connectivity index (χ4v) is 2.14. The molecule has 90 valence electrons. The summed E-state index contributed by atoms with van der Waals surface area (Å²) in [6, 6.07) is 8.23. The second-order valence-electron chi connectivity index (χ2n) is 4.40. The first-order valence-corrected chi connectivity index (χ1v) is 6.53. The Morgan fingerprint density at radius 1 is 1.25 bits per heavy atom. The zero-order chi connectivity index (χ0) is 11.8. The molecule has 0 spiro atoms. The van der Waals surface area contributed by atoms with E-state index in [4.69, 9.17) is 11.6 Å².